The van der Waals surface area contributed by atoms with Gasteiger partial charge in [-0.05, 0) is 0 Å². The summed E-state index contributed by atoms with van der Waals surface area (Å²) in [6.07, 6.45) is -56.5. The van der Waals surface area contributed by atoms with Gasteiger partial charge in [0.1, 0.15) is 146 Å². The van der Waals surface area contributed by atoms with Crippen LogP contribution in [0.2, 0.25) is 0 Å². The second kappa shape index (κ2) is 24.6. The van der Waals surface area contributed by atoms with E-state index in [1.165, 1.54) is 0 Å². The maximum Gasteiger partial charge on any atom is 0.187 e. The molecule has 0 aromatic carbocycles. The van der Waals surface area contributed by atoms with E-state index < -0.39 is 224 Å². The lowest BCUT2D eigenvalue weighted by atomic mass is 9.95. The minimum absolute atomic E-state index is 0. The van der Waals surface area contributed by atoms with E-state index in [1.807, 2.05) is 0 Å². The first-order chi connectivity index (χ1) is 31.8. The van der Waals surface area contributed by atoms with Gasteiger partial charge in [0.15, 0.2) is 37.7 Å². The van der Waals surface area contributed by atoms with E-state index in [0.29, 0.717) is 0 Å². The van der Waals surface area contributed by atoms with Gasteiger partial charge in [0.25, 0.3) is 0 Å². The molecule has 22 N–H and O–H groups in total. The maximum absolute atomic E-state index is 11.2. The molecule has 32 heteroatoms. The van der Waals surface area contributed by atoms with Crippen molar-refractivity contribution in [1.29, 1.82) is 0 Å². The van der Waals surface area contributed by atoms with Crippen LogP contribution in [0.15, 0.2) is 0 Å². The Kier molecular flexibility index (Phi) is 20.9. The summed E-state index contributed by atoms with van der Waals surface area (Å²) in [6, 6.07) is 0. The van der Waals surface area contributed by atoms with Gasteiger partial charge in [-0.2, -0.15) is 0 Å². The van der Waals surface area contributed by atoms with Gasteiger partial charge >= 0.3 is 0 Å². The number of aliphatic hydroxyl groups is 20. The average molecular weight is 1010 g/mol. The van der Waals surface area contributed by atoms with Crippen LogP contribution in [0, 0.1) is 0 Å². The van der Waals surface area contributed by atoms with Crippen molar-refractivity contribution in [3.8, 4) is 0 Å². The first kappa shape index (κ1) is 57.6. The molecular weight excluding hydrogens is 944 g/mol. The van der Waals surface area contributed by atoms with Gasteiger partial charge in [0.2, 0.25) is 0 Å². The first-order valence-electron chi connectivity index (χ1n) is 21.1. The highest BCUT2D eigenvalue weighted by molar-refractivity contribution is 5.00. The highest BCUT2D eigenvalue weighted by atomic mass is 16.8. The van der Waals surface area contributed by atoms with E-state index in [-0.39, 0.29) is 5.48 Å². The van der Waals surface area contributed by atoms with E-state index in [1.54, 1.807) is 0 Å². The Balaban J connectivity index is 0.00000864. The van der Waals surface area contributed by atoms with Crippen molar-refractivity contribution in [3.63, 3.8) is 0 Å². The highest BCUT2D eigenvalue weighted by Gasteiger charge is 2.57. The Morgan fingerprint density at radius 1 is 0.235 bits per heavy atom. The molecule has 0 aliphatic carbocycles. The zero-order valence-electron chi connectivity index (χ0n) is 35.5. The topological polar surface area (TPSA) is 538 Å². The number of aliphatic hydroxyl groups excluding tert-OH is 20. The molecule has 6 aliphatic rings. The summed E-state index contributed by atoms with van der Waals surface area (Å²) in [7, 11) is 0. The third kappa shape index (κ3) is 11.6. The van der Waals surface area contributed by atoms with Gasteiger partial charge < -0.3 is 160 Å². The smallest absolute Gasteiger partial charge is 0.187 e. The summed E-state index contributed by atoms with van der Waals surface area (Å²) in [5.74, 6) is 0. The van der Waals surface area contributed by atoms with Crippen LogP contribution in [0.1, 0.15) is 0 Å². The lowest BCUT2D eigenvalue weighted by molar-refractivity contribution is -0.396. The van der Waals surface area contributed by atoms with Crippen LogP contribution in [0.3, 0.4) is 0 Å². The fourth-order valence-electron chi connectivity index (χ4n) is 8.52. The normalized spacial score (nSPS) is 52.6. The van der Waals surface area contributed by atoms with Gasteiger partial charge in [0.05, 0.1) is 39.6 Å². The zero-order chi connectivity index (χ0) is 49.3. The molecule has 6 aliphatic heterocycles. The minimum Gasteiger partial charge on any atom is -0.412 e. The fraction of sp³-hybridized carbons (Fsp3) is 1.00. The predicted molar refractivity (Wildman–Crippen MR) is 203 cm³/mol. The van der Waals surface area contributed by atoms with Crippen LogP contribution in [0.25, 0.3) is 0 Å². The Morgan fingerprint density at radius 2 is 0.441 bits per heavy atom. The van der Waals surface area contributed by atoms with Crippen molar-refractivity contribution in [2.45, 2.75) is 184 Å². The molecule has 68 heavy (non-hydrogen) atoms. The second-order valence-corrected chi connectivity index (χ2v) is 16.8. The van der Waals surface area contributed by atoms with Gasteiger partial charge in [-0.15, -0.1) is 0 Å². The molecule has 0 unspecified atom stereocenters. The molecule has 6 fully saturated rings. The summed E-state index contributed by atoms with van der Waals surface area (Å²) in [5.41, 5.74) is 0. The van der Waals surface area contributed by atoms with Crippen LogP contribution < -0.4 is 0 Å². The van der Waals surface area contributed by atoms with Crippen molar-refractivity contribution in [1.82, 2.24) is 0 Å². The van der Waals surface area contributed by atoms with Gasteiger partial charge in [-0.25, -0.2) is 0 Å². The maximum atomic E-state index is 11.2. The first-order valence-corrected chi connectivity index (χ1v) is 21.1. The Labute approximate surface area is 383 Å². The van der Waals surface area contributed by atoms with Crippen molar-refractivity contribution < 1.29 is 160 Å². The van der Waals surface area contributed by atoms with E-state index in [9.17, 15) is 102 Å². The van der Waals surface area contributed by atoms with Crippen molar-refractivity contribution >= 4 is 0 Å². The molecule has 6 rings (SSSR count). The van der Waals surface area contributed by atoms with Gasteiger partial charge in [-0.1, -0.05) is 0 Å². The summed E-state index contributed by atoms with van der Waals surface area (Å²) in [5, 5.41) is 209. The van der Waals surface area contributed by atoms with Crippen LogP contribution in [0.4, 0.5) is 0 Å². The summed E-state index contributed by atoms with van der Waals surface area (Å²) in [4.78, 5) is 0. The van der Waals surface area contributed by atoms with E-state index in [4.69, 9.17) is 52.1 Å². The molecule has 0 spiro atoms. The molecular formula is C36H64O32. The summed E-state index contributed by atoms with van der Waals surface area (Å²) in [6.45, 7) is -5.67. The molecule has 32 nitrogen and oxygen atoms in total. The average Bonchev–Trinajstić information content (AvgIpc) is 3.32. The predicted octanol–water partition coefficient (Wildman–Crippen LogP) is -14.9. The van der Waals surface area contributed by atoms with E-state index in [0.717, 1.165) is 0 Å². The van der Waals surface area contributed by atoms with E-state index >= 15 is 0 Å². The monoisotopic (exact) mass is 1010 g/mol. The SMILES string of the molecule is O.OC[C@H]1O[C@H](O[C@H]2[C@H](O)[C@@H](O)[C@@H](O[C@H]3[C@H](O)[C@@H](O)[C@@H](O[C@H]4[C@H](O)[C@@H](O)[C@@H](O[C@H]5[C@H](O)[C@@H](O)[C@@H](O[C@H]6[C@H](O)[C@@H](O)[C@@H](O)O[C@@H]6CO)O[C@@H]5CO)O[C@@H]4CO)O[C@@H]3CO)O[C@@H]2CO)[C@H](O)[C@@H](O)[C@@H]1O. The number of rotatable bonds is 16. The molecule has 6 heterocycles. The Bertz CT molecular complexity index is 1500. The van der Waals surface area contributed by atoms with Crippen molar-refractivity contribution in [2.24, 2.45) is 0 Å². The summed E-state index contributed by atoms with van der Waals surface area (Å²) >= 11 is 0. The molecule has 0 saturated carbocycles. The lowest BCUT2D eigenvalue weighted by Gasteiger charge is -2.49. The molecule has 0 bridgehead atoms. The molecule has 6 saturated heterocycles. The highest BCUT2D eigenvalue weighted by Crippen LogP contribution is 2.36. The molecule has 0 radical (unpaired) electrons. The largest absolute Gasteiger partial charge is 0.412 e. The molecule has 400 valence electrons. The minimum atomic E-state index is -2.18. The molecule has 0 aromatic heterocycles. The van der Waals surface area contributed by atoms with Gasteiger partial charge in [0, 0.05) is 0 Å². The standard InChI is InChI=1S/C36H62O31.H2O/c37-1-7-13(43)14(44)21(51)32(58-7)64-27-9(3-39)60-34(23(53)16(27)46)66-29-11(5-41)62-36(25(55)18(29)48)67-30-12(6-42)61-35(24(54)19(30)49)65-28-10(4-40)59-33(22(52)17(28)47)63-26-8(2-38)57-31(56)20(50)15(26)45;/h7-56H,1-6H2;1H2/t7-,8-,9-,10-,11-,12-,13-,14+,15-,16-,17-,18-,19-,20-,21-,22-,23-,24-,25-,26-,27-,28-,29-,30-,31+,32-,33-,34-,35-,36-;/m1./s1. The third-order valence-corrected chi connectivity index (χ3v) is 12.4. The molecule has 0 aromatic rings. The number of hydrogen-bond donors (Lipinski definition) is 20. The lowest BCUT2D eigenvalue weighted by Crippen LogP contribution is -2.68. The molecule has 30 atom stereocenters. The number of ether oxygens (including phenoxy) is 11. The third-order valence-electron chi connectivity index (χ3n) is 12.4. The Morgan fingerprint density at radius 3 is 0.691 bits per heavy atom. The van der Waals surface area contributed by atoms with Crippen LogP contribution in [-0.4, -0.2) is 331 Å². The van der Waals surface area contributed by atoms with E-state index in [2.05, 4.69) is 0 Å². The van der Waals surface area contributed by atoms with Crippen LogP contribution in [0.5, 0.6) is 0 Å². The Hall–Kier alpha value is -1.28. The van der Waals surface area contributed by atoms with Gasteiger partial charge in [-0.3, -0.25) is 0 Å². The quantitative estimate of drug-likeness (QED) is 0.0683. The van der Waals surface area contributed by atoms with Crippen LogP contribution >= 0.6 is 0 Å². The summed E-state index contributed by atoms with van der Waals surface area (Å²) < 4.78 is 60.5. The van der Waals surface area contributed by atoms with Crippen molar-refractivity contribution in [3.05, 3.63) is 0 Å². The fourth-order valence-corrected chi connectivity index (χ4v) is 8.52. The van der Waals surface area contributed by atoms with Crippen LogP contribution in [-0.2, 0) is 52.1 Å². The zero-order valence-corrected chi connectivity index (χ0v) is 35.5. The molecule has 0 amide bonds. The second-order valence-electron chi connectivity index (χ2n) is 16.8. The number of hydrogen-bond acceptors (Lipinski definition) is 31. The van der Waals surface area contributed by atoms with Crippen molar-refractivity contribution in [2.75, 3.05) is 39.6 Å².